The Kier molecular flexibility index (Phi) is 2.35. The van der Waals surface area contributed by atoms with Gasteiger partial charge in [-0.15, -0.1) is 12.6 Å². The van der Waals surface area contributed by atoms with Crippen LogP contribution in [0.4, 0.5) is 0 Å². The molecule has 0 saturated heterocycles. The minimum Gasteiger partial charge on any atom is -0.198 e. The van der Waals surface area contributed by atoms with E-state index in [0.717, 1.165) is 10.5 Å². The minimum atomic E-state index is 0.480. The van der Waals surface area contributed by atoms with Crippen LogP contribution in [0.5, 0.6) is 0 Å². The number of hydrogen-bond donors (Lipinski definition) is 1. The molecule has 0 fully saturated rings. The molecule has 0 aromatic heterocycles. The summed E-state index contributed by atoms with van der Waals surface area (Å²) in [4.78, 5) is 0.932. The third kappa shape index (κ3) is 1.78. The highest BCUT2D eigenvalue weighted by molar-refractivity contribution is 7.80. The van der Waals surface area contributed by atoms with Crippen LogP contribution < -0.4 is 0 Å². The predicted molar refractivity (Wildman–Crippen MR) is 43.0 cm³/mol. The molecule has 0 unspecified atom stereocenters. The average Bonchev–Trinajstić information content (AvgIpc) is 1.95. The normalized spacial score (nSPS) is 8.80. The first-order chi connectivity index (χ1) is 4.83. The fourth-order valence-electron chi connectivity index (χ4n) is 0.705. The molecule has 0 radical (unpaired) electrons. The summed E-state index contributed by atoms with van der Waals surface area (Å²) in [6, 6.07) is 9.66. The van der Waals surface area contributed by atoms with Gasteiger partial charge in [-0.25, -0.2) is 0 Å². The smallest absolute Gasteiger partial charge is 0.0669 e. The van der Waals surface area contributed by atoms with Crippen molar-refractivity contribution in [1.29, 1.82) is 5.26 Å². The van der Waals surface area contributed by atoms with Crippen molar-refractivity contribution in [2.45, 2.75) is 11.3 Å². The standard InChI is InChI=1S/C8H7NS/c9-6-5-7-1-3-8(10)4-2-7/h1-4,10H,5H2. The molecule has 0 aliphatic rings. The summed E-state index contributed by atoms with van der Waals surface area (Å²) in [6.07, 6.45) is 0.480. The number of hydrogen-bond acceptors (Lipinski definition) is 2. The van der Waals surface area contributed by atoms with Crippen LogP contribution in [0.1, 0.15) is 5.56 Å². The van der Waals surface area contributed by atoms with E-state index in [1.54, 1.807) is 0 Å². The molecule has 1 nitrogen and oxygen atoms in total. The zero-order valence-electron chi connectivity index (χ0n) is 5.41. The quantitative estimate of drug-likeness (QED) is 0.607. The van der Waals surface area contributed by atoms with E-state index in [9.17, 15) is 0 Å². The molecule has 10 heavy (non-hydrogen) atoms. The lowest BCUT2D eigenvalue weighted by atomic mass is 10.2. The Morgan fingerprint density at radius 1 is 1.30 bits per heavy atom. The van der Waals surface area contributed by atoms with E-state index in [4.69, 9.17) is 5.26 Å². The molecule has 0 saturated carbocycles. The number of rotatable bonds is 1. The number of thiol groups is 1. The van der Waals surface area contributed by atoms with E-state index < -0.39 is 0 Å². The van der Waals surface area contributed by atoms with Crippen LogP contribution in [0.3, 0.4) is 0 Å². The lowest BCUT2D eigenvalue weighted by Gasteiger charge is -1.92. The first-order valence-corrected chi connectivity index (χ1v) is 3.42. The molecule has 2 heteroatoms. The van der Waals surface area contributed by atoms with Gasteiger partial charge in [-0.1, -0.05) is 12.1 Å². The molecule has 0 aliphatic heterocycles. The highest BCUT2D eigenvalue weighted by atomic mass is 32.1. The maximum absolute atomic E-state index is 8.32. The van der Waals surface area contributed by atoms with E-state index in [1.807, 2.05) is 24.3 Å². The third-order valence-corrected chi connectivity index (χ3v) is 1.52. The molecule has 0 aliphatic carbocycles. The second kappa shape index (κ2) is 3.28. The molecule has 0 spiro atoms. The zero-order valence-corrected chi connectivity index (χ0v) is 6.31. The van der Waals surface area contributed by atoms with Gasteiger partial charge in [-0.05, 0) is 17.7 Å². The summed E-state index contributed by atoms with van der Waals surface area (Å²) in [6.45, 7) is 0. The van der Waals surface area contributed by atoms with Crippen molar-refractivity contribution >= 4 is 12.6 Å². The van der Waals surface area contributed by atoms with Crippen molar-refractivity contribution < 1.29 is 0 Å². The summed E-state index contributed by atoms with van der Waals surface area (Å²) in [5, 5.41) is 8.32. The summed E-state index contributed by atoms with van der Waals surface area (Å²) in [5.74, 6) is 0. The summed E-state index contributed by atoms with van der Waals surface area (Å²) >= 11 is 4.12. The van der Waals surface area contributed by atoms with Crippen LogP contribution in [-0.2, 0) is 6.42 Å². The van der Waals surface area contributed by atoms with Crippen LogP contribution in [0, 0.1) is 11.3 Å². The third-order valence-electron chi connectivity index (χ3n) is 1.22. The summed E-state index contributed by atoms with van der Waals surface area (Å²) in [5.41, 5.74) is 1.04. The van der Waals surface area contributed by atoms with Crippen molar-refractivity contribution in [3.8, 4) is 6.07 Å². The van der Waals surface area contributed by atoms with Crippen molar-refractivity contribution in [1.82, 2.24) is 0 Å². The molecular weight excluding hydrogens is 142 g/mol. The second-order valence-electron chi connectivity index (χ2n) is 2.00. The van der Waals surface area contributed by atoms with Gasteiger partial charge in [0.15, 0.2) is 0 Å². The Hall–Kier alpha value is -0.940. The maximum atomic E-state index is 8.32. The lowest BCUT2D eigenvalue weighted by Crippen LogP contribution is -1.78. The molecule has 0 N–H and O–H groups in total. The molecule has 1 aromatic carbocycles. The van der Waals surface area contributed by atoms with E-state index in [2.05, 4.69) is 18.7 Å². The topological polar surface area (TPSA) is 23.8 Å². The van der Waals surface area contributed by atoms with E-state index in [1.165, 1.54) is 0 Å². The predicted octanol–water partition coefficient (Wildman–Crippen LogP) is 2.04. The number of nitrogens with zero attached hydrogens (tertiary/aromatic N) is 1. The monoisotopic (exact) mass is 149 g/mol. The number of nitriles is 1. The van der Waals surface area contributed by atoms with Gasteiger partial charge in [0, 0.05) is 4.90 Å². The molecule has 0 amide bonds. The minimum absolute atomic E-state index is 0.480. The van der Waals surface area contributed by atoms with Gasteiger partial charge < -0.3 is 0 Å². The molecule has 1 aromatic rings. The first-order valence-electron chi connectivity index (χ1n) is 2.98. The Morgan fingerprint density at radius 2 is 1.90 bits per heavy atom. The zero-order chi connectivity index (χ0) is 7.40. The van der Waals surface area contributed by atoms with E-state index in [-0.39, 0.29) is 0 Å². The van der Waals surface area contributed by atoms with E-state index in [0.29, 0.717) is 6.42 Å². The average molecular weight is 149 g/mol. The summed E-state index contributed by atoms with van der Waals surface area (Å²) in [7, 11) is 0. The van der Waals surface area contributed by atoms with Crippen LogP contribution in [0.2, 0.25) is 0 Å². The maximum Gasteiger partial charge on any atom is 0.0669 e. The lowest BCUT2D eigenvalue weighted by molar-refractivity contribution is 1.24. The van der Waals surface area contributed by atoms with Crippen molar-refractivity contribution in [2.75, 3.05) is 0 Å². The van der Waals surface area contributed by atoms with Crippen LogP contribution in [0.25, 0.3) is 0 Å². The van der Waals surface area contributed by atoms with Crippen molar-refractivity contribution in [3.05, 3.63) is 29.8 Å². The molecule has 50 valence electrons. The van der Waals surface area contributed by atoms with E-state index >= 15 is 0 Å². The van der Waals surface area contributed by atoms with Crippen LogP contribution >= 0.6 is 12.6 Å². The van der Waals surface area contributed by atoms with Gasteiger partial charge in [0.2, 0.25) is 0 Å². The van der Waals surface area contributed by atoms with Crippen molar-refractivity contribution in [3.63, 3.8) is 0 Å². The number of benzene rings is 1. The first kappa shape index (κ1) is 7.17. The Bertz CT molecular complexity index is 245. The molecule has 0 atom stereocenters. The van der Waals surface area contributed by atoms with Gasteiger partial charge in [0.1, 0.15) is 0 Å². The van der Waals surface area contributed by atoms with Crippen molar-refractivity contribution in [2.24, 2.45) is 0 Å². The largest absolute Gasteiger partial charge is 0.198 e. The Morgan fingerprint density at radius 3 is 2.40 bits per heavy atom. The second-order valence-corrected chi connectivity index (χ2v) is 2.52. The molecule has 0 heterocycles. The molecule has 1 rings (SSSR count). The Balaban J connectivity index is 2.81. The highest BCUT2D eigenvalue weighted by Crippen LogP contribution is 2.07. The fraction of sp³-hybridized carbons (Fsp3) is 0.125. The van der Waals surface area contributed by atoms with Gasteiger partial charge in [-0.2, -0.15) is 5.26 Å². The van der Waals surface area contributed by atoms with Gasteiger partial charge in [-0.3, -0.25) is 0 Å². The fourth-order valence-corrected chi connectivity index (χ4v) is 0.854. The molecular formula is C8H7NS. The van der Waals surface area contributed by atoms with Gasteiger partial charge >= 0.3 is 0 Å². The van der Waals surface area contributed by atoms with Gasteiger partial charge in [0.25, 0.3) is 0 Å². The Labute approximate surface area is 65.7 Å². The SMILES string of the molecule is N#CCc1ccc(S)cc1. The summed E-state index contributed by atoms with van der Waals surface area (Å²) < 4.78 is 0. The van der Waals surface area contributed by atoms with Crippen LogP contribution in [0.15, 0.2) is 29.2 Å². The van der Waals surface area contributed by atoms with Crippen LogP contribution in [-0.4, -0.2) is 0 Å². The highest BCUT2D eigenvalue weighted by Gasteiger charge is 1.88. The molecule has 0 bridgehead atoms. The van der Waals surface area contributed by atoms with Gasteiger partial charge in [0.05, 0.1) is 12.5 Å².